The van der Waals surface area contributed by atoms with E-state index in [-0.39, 0.29) is 17.8 Å². The van der Waals surface area contributed by atoms with E-state index in [1.807, 2.05) is 19.9 Å². The highest BCUT2D eigenvalue weighted by Crippen LogP contribution is 2.31. The molecule has 114 valence electrons. The number of nitrogens with zero attached hydrogens (tertiary/aromatic N) is 2. The highest BCUT2D eigenvalue weighted by molar-refractivity contribution is 7.99. The third kappa shape index (κ3) is 4.56. The highest BCUT2D eigenvalue weighted by Gasteiger charge is 2.13. The quantitative estimate of drug-likeness (QED) is 0.337. The van der Waals surface area contributed by atoms with Gasteiger partial charge in [-0.15, -0.1) is 11.3 Å². The molecule has 0 N–H and O–H groups in total. The van der Waals surface area contributed by atoms with Gasteiger partial charge in [0.2, 0.25) is 0 Å². The Balaban J connectivity index is 2.12. The molecule has 2 aromatic heterocycles. The highest BCUT2D eigenvalue weighted by atomic mass is 35.5. The minimum absolute atomic E-state index is 0.112. The number of ether oxygens (including phenoxy) is 1. The fourth-order valence-electron chi connectivity index (χ4n) is 1.77. The second-order valence-electron chi connectivity index (χ2n) is 4.81. The van der Waals surface area contributed by atoms with Crippen molar-refractivity contribution >= 4 is 50.9 Å². The standard InChI is InChI=1S/C14H17ClN2O2S2/c1-4-5-9-6-10-12(15)16-14(17-13(10)21-9)20-7-11(18)19-8(2)3/h6,8H,4-5,7H2,1-3H3. The van der Waals surface area contributed by atoms with Crippen molar-refractivity contribution in [2.75, 3.05) is 5.75 Å². The van der Waals surface area contributed by atoms with Crippen LogP contribution in [0.5, 0.6) is 0 Å². The maximum atomic E-state index is 11.5. The fraction of sp³-hybridized carbons (Fsp3) is 0.500. The summed E-state index contributed by atoms with van der Waals surface area (Å²) in [5, 5.41) is 1.84. The molecular formula is C14H17ClN2O2S2. The summed E-state index contributed by atoms with van der Waals surface area (Å²) < 4.78 is 5.08. The van der Waals surface area contributed by atoms with E-state index in [9.17, 15) is 4.79 Å². The molecule has 0 aliphatic rings. The third-order valence-electron chi connectivity index (χ3n) is 2.56. The summed E-state index contributed by atoms with van der Waals surface area (Å²) in [6, 6.07) is 2.05. The van der Waals surface area contributed by atoms with Crippen molar-refractivity contribution < 1.29 is 9.53 Å². The third-order valence-corrected chi connectivity index (χ3v) is 4.76. The van der Waals surface area contributed by atoms with Crippen LogP contribution in [0.25, 0.3) is 10.2 Å². The molecule has 0 saturated heterocycles. The SMILES string of the molecule is CCCc1cc2c(Cl)nc(SCC(=O)OC(C)C)nc2s1. The van der Waals surface area contributed by atoms with Crippen LogP contribution in [0.2, 0.25) is 5.15 Å². The van der Waals surface area contributed by atoms with Crippen LogP contribution in [-0.2, 0) is 16.0 Å². The largest absolute Gasteiger partial charge is 0.462 e. The number of aromatic nitrogens is 2. The molecule has 2 aromatic rings. The Labute approximate surface area is 137 Å². The first-order valence-electron chi connectivity index (χ1n) is 6.77. The summed E-state index contributed by atoms with van der Waals surface area (Å²) in [4.78, 5) is 22.4. The Morgan fingerprint density at radius 2 is 2.24 bits per heavy atom. The number of rotatable bonds is 6. The van der Waals surface area contributed by atoms with Crippen LogP contribution in [0.3, 0.4) is 0 Å². The van der Waals surface area contributed by atoms with Crippen molar-refractivity contribution in [2.45, 2.75) is 44.9 Å². The zero-order valence-corrected chi connectivity index (χ0v) is 14.6. The summed E-state index contributed by atoms with van der Waals surface area (Å²) in [6.45, 7) is 5.78. The number of esters is 1. The van der Waals surface area contributed by atoms with Gasteiger partial charge in [-0.05, 0) is 26.3 Å². The van der Waals surface area contributed by atoms with E-state index in [4.69, 9.17) is 16.3 Å². The molecule has 0 aliphatic carbocycles. The van der Waals surface area contributed by atoms with Crippen LogP contribution in [0.15, 0.2) is 11.2 Å². The molecule has 0 unspecified atom stereocenters. The monoisotopic (exact) mass is 344 g/mol. The second kappa shape index (κ2) is 7.42. The van der Waals surface area contributed by atoms with Crippen LogP contribution in [0.1, 0.15) is 32.1 Å². The summed E-state index contributed by atoms with van der Waals surface area (Å²) in [7, 11) is 0. The van der Waals surface area contributed by atoms with E-state index in [0.717, 1.165) is 23.1 Å². The van der Waals surface area contributed by atoms with Gasteiger partial charge in [-0.3, -0.25) is 4.79 Å². The number of hydrogen-bond acceptors (Lipinski definition) is 6. The number of fused-ring (bicyclic) bond motifs is 1. The Bertz CT molecular complexity index is 643. The smallest absolute Gasteiger partial charge is 0.316 e. The van der Waals surface area contributed by atoms with Crippen LogP contribution in [-0.4, -0.2) is 27.8 Å². The first-order chi connectivity index (χ1) is 9.99. The van der Waals surface area contributed by atoms with Gasteiger partial charge >= 0.3 is 5.97 Å². The first-order valence-corrected chi connectivity index (χ1v) is 8.95. The molecule has 0 bridgehead atoms. The van der Waals surface area contributed by atoms with Crippen LogP contribution in [0, 0.1) is 0 Å². The van der Waals surface area contributed by atoms with Crippen LogP contribution < -0.4 is 0 Å². The Hall–Kier alpha value is -0.850. The molecular weight excluding hydrogens is 328 g/mol. The number of aryl methyl sites for hydroxylation is 1. The molecule has 0 aliphatic heterocycles. The van der Waals surface area contributed by atoms with Crippen molar-refractivity contribution in [2.24, 2.45) is 0 Å². The number of carbonyl (C=O) groups excluding carboxylic acids is 1. The predicted molar refractivity (Wildman–Crippen MR) is 88.4 cm³/mol. The molecule has 2 rings (SSSR count). The molecule has 4 nitrogen and oxygen atoms in total. The molecule has 0 radical (unpaired) electrons. The van der Waals surface area contributed by atoms with Gasteiger partial charge in [0.05, 0.1) is 11.9 Å². The molecule has 0 atom stereocenters. The molecule has 0 spiro atoms. The summed E-state index contributed by atoms with van der Waals surface area (Å²) in [6.07, 6.45) is 1.99. The predicted octanol–water partition coefficient (Wildman–Crippen LogP) is 4.34. The number of thioether (sulfide) groups is 1. The average molecular weight is 345 g/mol. The lowest BCUT2D eigenvalue weighted by Crippen LogP contribution is -2.13. The van der Waals surface area contributed by atoms with Gasteiger partial charge in [0.15, 0.2) is 5.16 Å². The van der Waals surface area contributed by atoms with Gasteiger partial charge in [0.1, 0.15) is 9.98 Å². The number of carbonyl (C=O) groups is 1. The first kappa shape index (κ1) is 16.5. The van der Waals surface area contributed by atoms with Gasteiger partial charge in [0, 0.05) is 10.3 Å². The van der Waals surface area contributed by atoms with Crippen molar-refractivity contribution in [1.29, 1.82) is 0 Å². The minimum atomic E-state index is -0.271. The minimum Gasteiger partial charge on any atom is -0.462 e. The topological polar surface area (TPSA) is 52.1 Å². The molecule has 7 heteroatoms. The van der Waals surface area contributed by atoms with E-state index in [0.29, 0.717) is 10.3 Å². The van der Waals surface area contributed by atoms with Gasteiger partial charge in [-0.25, -0.2) is 9.97 Å². The van der Waals surface area contributed by atoms with Gasteiger partial charge in [0.25, 0.3) is 0 Å². The van der Waals surface area contributed by atoms with Crippen LogP contribution >= 0.6 is 34.7 Å². The lowest BCUT2D eigenvalue weighted by molar-refractivity contribution is -0.144. The molecule has 21 heavy (non-hydrogen) atoms. The van der Waals surface area contributed by atoms with Crippen molar-refractivity contribution in [3.05, 3.63) is 16.1 Å². The lowest BCUT2D eigenvalue weighted by Gasteiger charge is -2.06. The van der Waals surface area contributed by atoms with E-state index in [1.165, 1.54) is 16.6 Å². The summed E-state index contributed by atoms with van der Waals surface area (Å²) >= 11 is 9.08. The van der Waals surface area contributed by atoms with E-state index >= 15 is 0 Å². The molecule has 0 saturated carbocycles. The zero-order chi connectivity index (χ0) is 15.4. The van der Waals surface area contributed by atoms with E-state index < -0.39 is 0 Å². The van der Waals surface area contributed by atoms with Crippen molar-refractivity contribution in [3.63, 3.8) is 0 Å². The summed E-state index contributed by atoms with van der Waals surface area (Å²) in [5.41, 5.74) is 0. The Kier molecular flexibility index (Phi) is 5.84. The average Bonchev–Trinajstić information content (AvgIpc) is 2.79. The van der Waals surface area contributed by atoms with Gasteiger partial charge in [-0.2, -0.15) is 0 Å². The van der Waals surface area contributed by atoms with Crippen molar-refractivity contribution in [1.82, 2.24) is 9.97 Å². The number of thiophene rings is 1. The maximum Gasteiger partial charge on any atom is 0.316 e. The number of hydrogen-bond donors (Lipinski definition) is 0. The Morgan fingerprint density at radius 1 is 1.48 bits per heavy atom. The zero-order valence-electron chi connectivity index (χ0n) is 12.2. The summed E-state index contributed by atoms with van der Waals surface area (Å²) in [5.74, 6) is -0.0830. The number of halogens is 1. The molecule has 2 heterocycles. The molecule has 0 fully saturated rings. The van der Waals surface area contributed by atoms with Gasteiger partial charge < -0.3 is 4.74 Å². The second-order valence-corrected chi connectivity index (χ2v) is 7.22. The van der Waals surface area contributed by atoms with Gasteiger partial charge in [-0.1, -0.05) is 36.7 Å². The van der Waals surface area contributed by atoms with E-state index in [2.05, 4.69) is 16.9 Å². The van der Waals surface area contributed by atoms with Crippen LogP contribution in [0.4, 0.5) is 0 Å². The fourth-order valence-corrected chi connectivity index (χ4v) is 3.92. The normalized spacial score (nSPS) is 11.3. The Morgan fingerprint density at radius 3 is 2.90 bits per heavy atom. The van der Waals surface area contributed by atoms with E-state index in [1.54, 1.807) is 11.3 Å². The molecule has 0 aromatic carbocycles. The lowest BCUT2D eigenvalue weighted by atomic mass is 10.3. The van der Waals surface area contributed by atoms with Crippen molar-refractivity contribution in [3.8, 4) is 0 Å². The maximum absolute atomic E-state index is 11.5. The molecule has 0 amide bonds.